The standard InChI is InChI=1S/C15H20N2O3/c1-17-13-4-3-12(8-10(13)2-5-14(17)18)16-15(19)11-6-7-20-9-11/h2,5,11-12H,3-4,6-9H2,1H3,(H,16,19)/t11-,12+/m1/s1. The van der Waals surface area contributed by atoms with Crippen LogP contribution in [0.2, 0.25) is 0 Å². The van der Waals surface area contributed by atoms with E-state index in [0.29, 0.717) is 13.2 Å². The Hall–Kier alpha value is -1.62. The summed E-state index contributed by atoms with van der Waals surface area (Å²) in [7, 11) is 1.82. The summed E-state index contributed by atoms with van der Waals surface area (Å²) in [6, 6.07) is 3.68. The molecule has 1 amide bonds. The molecular formula is C15H20N2O3. The first-order valence-corrected chi connectivity index (χ1v) is 7.21. The number of pyridine rings is 1. The van der Waals surface area contributed by atoms with E-state index >= 15 is 0 Å². The summed E-state index contributed by atoms with van der Waals surface area (Å²) in [6.07, 6.45) is 3.37. The van der Waals surface area contributed by atoms with Crippen LogP contribution in [0.15, 0.2) is 16.9 Å². The lowest BCUT2D eigenvalue weighted by atomic mass is 9.91. The smallest absolute Gasteiger partial charge is 0.250 e. The molecule has 2 heterocycles. The second kappa shape index (κ2) is 5.40. The molecule has 0 unspecified atom stereocenters. The Balaban J connectivity index is 1.68. The van der Waals surface area contributed by atoms with Crippen molar-refractivity contribution in [2.75, 3.05) is 13.2 Å². The van der Waals surface area contributed by atoms with Crippen LogP contribution >= 0.6 is 0 Å². The van der Waals surface area contributed by atoms with E-state index < -0.39 is 0 Å². The summed E-state index contributed by atoms with van der Waals surface area (Å²) in [5.74, 6) is 0.122. The number of ether oxygens (including phenoxy) is 1. The molecule has 0 bridgehead atoms. The molecule has 0 saturated carbocycles. The van der Waals surface area contributed by atoms with Gasteiger partial charge < -0.3 is 14.6 Å². The number of nitrogens with one attached hydrogen (secondary N) is 1. The van der Waals surface area contributed by atoms with E-state index in [2.05, 4.69) is 5.32 Å². The van der Waals surface area contributed by atoms with Gasteiger partial charge >= 0.3 is 0 Å². The zero-order valence-electron chi connectivity index (χ0n) is 11.7. The SMILES string of the molecule is Cn1c2c(ccc1=O)C[C@@H](NC(=O)[C@@H]1CCOC1)CC2. The summed E-state index contributed by atoms with van der Waals surface area (Å²) in [4.78, 5) is 23.7. The van der Waals surface area contributed by atoms with Crippen LogP contribution in [0.25, 0.3) is 0 Å². The van der Waals surface area contributed by atoms with Gasteiger partial charge in [0.2, 0.25) is 11.5 Å². The van der Waals surface area contributed by atoms with Gasteiger partial charge in [-0.15, -0.1) is 0 Å². The fraction of sp³-hybridized carbons (Fsp3) is 0.600. The Morgan fingerprint density at radius 1 is 1.40 bits per heavy atom. The molecule has 108 valence electrons. The highest BCUT2D eigenvalue weighted by atomic mass is 16.5. The lowest BCUT2D eigenvalue weighted by Crippen LogP contribution is -2.43. The first kappa shape index (κ1) is 13.4. The van der Waals surface area contributed by atoms with Gasteiger partial charge in [-0.1, -0.05) is 6.07 Å². The van der Waals surface area contributed by atoms with Crippen molar-refractivity contribution in [3.63, 3.8) is 0 Å². The van der Waals surface area contributed by atoms with Crippen molar-refractivity contribution in [2.45, 2.75) is 31.7 Å². The van der Waals surface area contributed by atoms with Crippen LogP contribution in [0, 0.1) is 5.92 Å². The first-order chi connectivity index (χ1) is 9.65. The number of hydrogen-bond acceptors (Lipinski definition) is 3. The molecule has 1 aliphatic carbocycles. The minimum atomic E-state index is 0.0107. The molecule has 2 aliphatic rings. The van der Waals surface area contributed by atoms with Gasteiger partial charge in [-0.3, -0.25) is 9.59 Å². The third-order valence-corrected chi connectivity index (χ3v) is 4.38. The van der Waals surface area contributed by atoms with Gasteiger partial charge in [0.15, 0.2) is 0 Å². The summed E-state index contributed by atoms with van der Waals surface area (Å²) in [5.41, 5.74) is 2.31. The number of hydrogen-bond donors (Lipinski definition) is 1. The van der Waals surface area contributed by atoms with Gasteiger partial charge in [0, 0.05) is 31.5 Å². The highest BCUT2D eigenvalue weighted by Gasteiger charge is 2.27. The normalized spacial score (nSPS) is 25.2. The maximum atomic E-state index is 12.1. The van der Waals surface area contributed by atoms with E-state index in [1.54, 1.807) is 10.6 Å². The molecule has 20 heavy (non-hydrogen) atoms. The Kier molecular flexibility index (Phi) is 3.61. The zero-order valence-corrected chi connectivity index (χ0v) is 11.7. The van der Waals surface area contributed by atoms with E-state index in [9.17, 15) is 9.59 Å². The van der Waals surface area contributed by atoms with Gasteiger partial charge in [-0.25, -0.2) is 0 Å². The molecular weight excluding hydrogens is 256 g/mol. The van der Waals surface area contributed by atoms with E-state index in [1.807, 2.05) is 13.1 Å². The zero-order chi connectivity index (χ0) is 14.1. The van der Waals surface area contributed by atoms with Crippen LogP contribution in [0.5, 0.6) is 0 Å². The molecule has 5 nitrogen and oxygen atoms in total. The number of aromatic nitrogens is 1. The fourth-order valence-electron chi connectivity index (χ4n) is 3.10. The molecule has 1 fully saturated rings. The lowest BCUT2D eigenvalue weighted by molar-refractivity contribution is -0.125. The average Bonchev–Trinajstić information content (AvgIpc) is 2.97. The second-order valence-corrected chi connectivity index (χ2v) is 5.71. The van der Waals surface area contributed by atoms with Crippen molar-refractivity contribution in [1.29, 1.82) is 0 Å². The Bertz CT molecular complexity index is 573. The molecule has 1 saturated heterocycles. The molecule has 0 spiro atoms. The molecule has 1 aliphatic heterocycles. The summed E-state index contributed by atoms with van der Waals surface area (Å²) >= 11 is 0. The van der Waals surface area contributed by atoms with Gasteiger partial charge in [0.25, 0.3) is 0 Å². The maximum Gasteiger partial charge on any atom is 0.250 e. The lowest BCUT2D eigenvalue weighted by Gasteiger charge is -2.27. The fourth-order valence-corrected chi connectivity index (χ4v) is 3.10. The van der Waals surface area contributed by atoms with Crippen LogP contribution in [0.1, 0.15) is 24.1 Å². The van der Waals surface area contributed by atoms with Crippen LogP contribution in [0.4, 0.5) is 0 Å². The molecule has 0 radical (unpaired) electrons. The average molecular weight is 276 g/mol. The number of nitrogens with zero attached hydrogens (tertiary/aromatic N) is 1. The molecule has 2 atom stereocenters. The Morgan fingerprint density at radius 3 is 3.00 bits per heavy atom. The van der Waals surface area contributed by atoms with Crippen LogP contribution in [0.3, 0.4) is 0 Å². The van der Waals surface area contributed by atoms with Crippen LogP contribution < -0.4 is 10.9 Å². The number of amides is 1. The van der Waals surface area contributed by atoms with Crippen molar-refractivity contribution in [1.82, 2.24) is 9.88 Å². The van der Waals surface area contributed by atoms with E-state index in [4.69, 9.17) is 4.74 Å². The molecule has 0 aromatic carbocycles. The number of fused-ring (bicyclic) bond motifs is 1. The van der Waals surface area contributed by atoms with E-state index in [-0.39, 0.29) is 23.4 Å². The molecule has 1 N–H and O–H groups in total. The van der Waals surface area contributed by atoms with Crippen molar-refractivity contribution in [3.8, 4) is 0 Å². The topological polar surface area (TPSA) is 60.3 Å². The predicted octanol–water partition coefficient (Wildman–Crippen LogP) is 0.395. The quantitative estimate of drug-likeness (QED) is 0.850. The van der Waals surface area contributed by atoms with Crippen molar-refractivity contribution < 1.29 is 9.53 Å². The predicted molar refractivity (Wildman–Crippen MR) is 74.6 cm³/mol. The summed E-state index contributed by atoms with van der Waals surface area (Å²) < 4.78 is 6.97. The van der Waals surface area contributed by atoms with Gasteiger partial charge in [0.1, 0.15) is 0 Å². The Morgan fingerprint density at radius 2 is 2.25 bits per heavy atom. The van der Waals surface area contributed by atoms with Gasteiger partial charge in [0.05, 0.1) is 12.5 Å². The van der Waals surface area contributed by atoms with E-state index in [0.717, 1.165) is 31.4 Å². The number of rotatable bonds is 2. The van der Waals surface area contributed by atoms with Crippen molar-refractivity contribution >= 4 is 5.91 Å². The summed E-state index contributed by atoms with van der Waals surface area (Å²) in [6.45, 7) is 1.23. The highest BCUT2D eigenvalue weighted by molar-refractivity contribution is 5.79. The first-order valence-electron chi connectivity index (χ1n) is 7.21. The van der Waals surface area contributed by atoms with E-state index in [1.165, 1.54) is 5.56 Å². The minimum Gasteiger partial charge on any atom is -0.381 e. The number of carbonyl (C=O) groups is 1. The van der Waals surface area contributed by atoms with Crippen LogP contribution in [-0.2, 0) is 29.4 Å². The molecule has 3 rings (SSSR count). The molecule has 1 aromatic rings. The summed E-state index contributed by atoms with van der Waals surface area (Å²) in [5, 5.41) is 3.13. The molecule has 5 heteroatoms. The third-order valence-electron chi connectivity index (χ3n) is 4.38. The Labute approximate surface area is 117 Å². The van der Waals surface area contributed by atoms with Crippen LogP contribution in [-0.4, -0.2) is 29.7 Å². The van der Waals surface area contributed by atoms with Crippen molar-refractivity contribution in [2.24, 2.45) is 13.0 Å². The van der Waals surface area contributed by atoms with Gasteiger partial charge in [-0.05, 0) is 31.2 Å². The van der Waals surface area contributed by atoms with Crippen molar-refractivity contribution in [3.05, 3.63) is 33.7 Å². The monoisotopic (exact) mass is 276 g/mol. The minimum absolute atomic E-state index is 0.0107. The van der Waals surface area contributed by atoms with Gasteiger partial charge in [-0.2, -0.15) is 0 Å². The second-order valence-electron chi connectivity index (χ2n) is 5.71. The highest BCUT2D eigenvalue weighted by Crippen LogP contribution is 2.20. The molecule has 1 aromatic heterocycles. The maximum absolute atomic E-state index is 12.1. The largest absolute Gasteiger partial charge is 0.381 e. The number of carbonyl (C=O) groups excluding carboxylic acids is 1. The third kappa shape index (κ3) is 2.50.